The third-order valence-electron chi connectivity index (χ3n) is 3.65. The number of rotatable bonds is 3. The molecule has 1 saturated heterocycles. The van der Waals surface area contributed by atoms with Gasteiger partial charge in [-0.15, -0.1) is 0 Å². The molecule has 112 valence electrons. The number of imidazole rings is 1. The Morgan fingerprint density at radius 2 is 2.05 bits per heavy atom. The number of hydrogen-bond acceptors (Lipinski definition) is 6. The van der Waals surface area contributed by atoms with Gasteiger partial charge in [-0.3, -0.25) is 4.40 Å². The van der Waals surface area contributed by atoms with Gasteiger partial charge in [0.15, 0.2) is 5.69 Å². The van der Waals surface area contributed by atoms with E-state index in [1.165, 1.54) is 14.2 Å². The first-order valence-electron chi connectivity index (χ1n) is 6.82. The molecule has 0 aromatic carbocycles. The summed E-state index contributed by atoms with van der Waals surface area (Å²) in [7, 11) is 2.83. The van der Waals surface area contributed by atoms with Crippen LogP contribution in [0.15, 0.2) is 12.4 Å². The van der Waals surface area contributed by atoms with Crippen molar-refractivity contribution in [3.63, 3.8) is 0 Å². The monoisotopic (exact) mass is 291 g/mol. The van der Waals surface area contributed by atoms with Crippen LogP contribution >= 0.6 is 0 Å². The van der Waals surface area contributed by atoms with Crippen LogP contribution in [0.1, 0.15) is 34.9 Å². The standard InChI is InChI=1S/C14H17N3O4/c1-19-13-12-15-10(9-3-5-21-6-4-9)7-17(12)8-11(16-13)14(18)20-2/h7-9H,3-6H2,1-2H3. The Morgan fingerprint density at radius 3 is 2.71 bits per heavy atom. The molecule has 3 heterocycles. The maximum Gasteiger partial charge on any atom is 0.358 e. The van der Waals surface area contributed by atoms with Gasteiger partial charge in [0.05, 0.1) is 19.9 Å². The Morgan fingerprint density at radius 1 is 1.29 bits per heavy atom. The summed E-state index contributed by atoms with van der Waals surface area (Å²) in [6, 6.07) is 0. The van der Waals surface area contributed by atoms with Crippen molar-refractivity contribution < 1.29 is 19.0 Å². The quantitative estimate of drug-likeness (QED) is 0.796. The van der Waals surface area contributed by atoms with Gasteiger partial charge in [-0.1, -0.05) is 0 Å². The minimum absolute atomic E-state index is 0.192. The number of esters is 1. The molecule has 0 radical (unpaired) electrons. The molecule has 0 aliphatic carbocycles. The van der Waals surface area contributed by atoms with Gasteiger partial charge in [0.25, 0.3) is 5.88 Å². The predicted octanol–water partition coefficient (Wildman–Crippen LogP) is 1.42. The molecule has 0 atom stereocenters. The van der Waals surface area contributed by atoms with E-state index in [0.717, 1.165) is 31.7 Å². The number of nitrogens with zero attached hydrogens (tertiary/aromatic N) is 3. The van der Waals surface area contributed by atoms with Crippen molar-refractivity contribution in [2.24, 2.45) is 0 Å². The molecule has 0 N–H and O–H groups in total. The molecule has 3 rings (SSSR count). The first-order chi connectivity index (χ1) is 10.2. The van der Waals surface area contributed by atoms with Crippen molar-refractivity contribution >= 4 is 11.6 Å². The molecule has 2 aromatic heterocycles. The largest absolute Gasteiger partial charge is 0.478 e. The Kier molecular flexibility index (Phi) is 3.74. The van der Waals surface area contributed by atoms with Crippen LogP contribution in [0.3, 0.4) is 0 Å². The molecule has 0 unspecified atom stereocenters. The van der Waals surface area contributed by atoms with Crippen LogP contribution in [0.25, 0.3) is 5.65 Å². The molecule has 0 spiro atoms. The van der Waals surface area contributed by atoms with Crippen LogP contribution in [0.2, 0.25) is 0 Å². The maximum atomic E-state index is 11.6. The molecule has 7 heteroatoms. The summed E-state index contributed by atoms with van der Waals surface area (Å²) in [5.41, 5.74) is 1.77. The summed E-state index contributed by atoms with van der Waals surface area (Å²) < 4.78 is 17.1. The van der Waals surface area contributed by atoms with Crippen molar-refractivity contribution in [3.05, 3.63) is 23.8 Å². The Hall–Kier alpha value is -2.15. The van der Waals surface area contributed by atoms with Gasteiger partial charge in [-0.25, -0.2) is 14.8 Å². The Labute approximate surface area is 121 Å². The van der Waals surface area contributed by atoms with Crippen molar-refractivity contribution in [1.82, 2.24) is 14.4 Å². The minimum atomic E-state index is -0.503. The van der Waals surface area contributed by atoms with E-state index in [9.17, 15) is 4.79 Å². The van der Waals surface area contributed by atoms with Crippen LogP contribution in [-0.4, -0.2) is 47.8 Å². The maximum absolute atomic E-state index is 11.6. The number of hydrogen-bond donors (Lipinski definition) is 0. The molecular weight excluding hydrogens is 274 g/mol. The van der Waals surface area contributed by atoms with Crippen molar-refractivity contribution in [1.29, 1.82) is 0 Å². The zero-order chi connectivity index (χ0) is 14.8. The summed E-state index contributed by atoms with van der Waals surface area (Å²) in [5.74, 6) is 0.178. The fourth-order valence-corrected chi connectivity index (χ4v) is 2.52. The van der Waals surface area contributed by atoms with E-state index in [1.54, 1.807) is 10.6 Å². The lowest BCUT2D eigenvalue weighted by Crippen LogP contribution is -2.14. The first kappa shape index (κ1) is 13.8. The average Bonchev–Trinajstić information content (AvgIpc) is 2.98. The van der Waals surface area contributed by atoms with Crippen LogP contribution in [-0.2, 0) is 9.47 Å². The smallest absolute Gasteiger partial charge is 0.358 e. The number of fused-ring (bicyclic) bond motifs is 1. The lowest BCUT2D eigenvalue weighted by Gasteiger charge is -2.19. The lowest BCUT2D eigenvalue weighted by atomic mass is 9.97. The molecule has 1 aliphatic heterocycles. The average molecular weight is 291 g/mol. The van der Waals surface area contributed by atoms with Gasteiger partial charge in [0.1, 0.15) is 0 Å². The topological polar surface area (TPSA) is 75.0 Å². The highest BCUT2D eigenvalue weighted by Gasteiger charge is 2.21. The van der Waals surface area contributed by atoms with Gasteiger partial charge in [-0.05, 0) is 12.8 Å². The first-order valence-corrected chi connectivity index (χ1v) is 6.82. The summed E-state index contributed by atoms with van der Waals surface area (Å²) in [4.78, 5) is 20.4. The number of methoxy groups -OCH3 is 2. The van der Waals surface area contributed by atoms with E-state index in [0.29, 0.717) is 17.4 Å². The fraction of sp³-hybridized carbons (Fsp3) is 0.500. The van der Waals surface area contributed by atoms with Gasteiger partial charge in [-0.2, -0.15) is 0 Å². The van der Waals surface area contributed by atoms with Crippen LogP contribution < -0.4 is 4.74 Å². The van der Waals surface area contributed by atoms with Crippen LogP contribution in [0.5, 0.6) is 5.88 Å². The zero-order valence-corrected chi connectivity index (χ0v) is 12.0. The third-order valence-corrected chi connectivity index (χ3v) is 3.65. The van der Waals surface area contributed by atoms with Crippen molar-refractivity contribution in [2.45, 2.75) is 18.8 Å². The van der Waals surface area contributed by atoms with E-state index in [-0.39, 0.29) is 5.69 Å². The predicted molar refractivity (Wildman–Crippen MR) is 73.7 cm³/mol. The van der Waals surface area contributed by atoms with Gasteiger partial charge < -0.3 is 14.2 Å². The fourth-order valence-electron chi connectivity index (χ4n) is 2.52. The minimum Gasteiger partial charge on any atom is -0.478 e. The molecule has 0 amide bonds. The molecule has 0 bridgehead atoms. The summed E-state index contributed by atoms with van der Waals surface area (Å²) in [6.45, 7) is 1.50. The van der Waals surface area contributed by atoms with Crippen molar-refractivity contribution in [2.75, 3.05) is 27.4 Å². The van der Waals surface area contributed by atoms with Crippen LogP contribution in [0, 0.1) is 0 Å². The second-order valence-electron chi connectivity index (χ2n) is 4.91. The molecule has 1 aliphatic rings. The molecule has 7 nitrogen and oxygen atoms in total. The van der Waals surface area contributed by atoms with Gasteiger partial charge >= 0.3 is 5.97 Å². The highest BCUT2D eigenvalue weighted by atomic mass is 16.5. The van der Waals surface area contributed by atoms with Crippen LogP contribution in [0.4, 0.5) is 0 Å². The molecular formula is C14H17N3O4. The third kappa shape index (κ3) is 2.56. The van der Waals surface area contributed by atoms with E-state index in [2.05, 4.69) is 9.97 Å². The SMILES string of the molecule is COC(=O)c1cn2cc(C3CCOCC3)nc2c(OC)n1. The highest BCUT2D eigenvalue weighted by molar-refractivity contribution is 5.87. The summed E-state index contributed by atoms with van der Waals surface area (Å²) >= 11 is 0. The number of carbonyl (C=O) groups is 1. The van der Waals surface area contributed by atoms with E-state index in [4.69, 9.17) is 14.2 Å². The lowest BCUT2D eigenvalue weighted by molar-refractivity contribution is 0.0592. The second kappa shape index (κ2) is 5.69. The molecule has 1 fully saturated rings. The van der Waals surface area contributed by atoms with Crippen molar-refractivity contribution in [3.8, 4) is 5.88 Å². The normalized spacial score (nSPS) is 16.1. The Bertz CT molecular complexity index is 662. The number of carbonyl (C=O) groups excluding carboxylic acids is 1. The highest BCUT2D eigenvalue weighted by Crippen LogP contribution is 2.28. The van der Waals surface area contributed by atoms with E-state index >= 15 is 0 Å². The zero-order valence-electron chi connectivity index (χ0n) is 12.0. The molecule has 0 saturated carbocycles. The molecule has 21 heavy (non-hydrogen) atoms. The van der Waals surface area contributed by atoms with E-state index < -0.39 is 5.97 Å². The number of ether oxygens (including phenoxy) is 3. The summed E-state index contributed by atoms with van der Waals surface area (Å²) in [6.07, 6.45) is 5.43. The second-order valence-corrected chi connectivity index (χ2v) is 4.91. The molecule has 2 aromatic rings. The van der Waals surface area contributed by atoms with Gasteiger partial charge in [0.2, 0.25) is 5.65 Å². The Balaban J connectivity index is 2.04. The van der Waals surface area contributed by atoms with E-state index in [1.807, 2.05) is 6.20 Å². The summed E-state index contributed by atoms with van der Waals surface area (Å²) in [5, 5.41) is 0. The van der Waals surface area contributed by atoms with Gasteiger partial charge in [0, 0.05) is 31.5 Å². The number of aromatic nitrogens is 3.